The zero-order valence-electron chi connectivity index (χ0n) is 15.2. The SMILES string of the molecule is Cc1ccc(F)c(NC(=O)CCC(=O)NCC(C)(C)CN(C)C)c1. The van der Waals surface area contributed by atoms with Crippen LogP contribution in [0, 0.1) is 18.2 Å². The molecule has 0 unspecified atom stereocenters. The first-order valence-corrected chi connectivity index (χ1v) is 8.06. The Hall–Kier alpha value is -1.95. The van der Waals surface area contributed by atoms with E-state index in [1.54, 1.807) is 12.1 Å². The van der Waals surface area contributed by atoms with Gasteiger partial charge in [0, 0.05) is 25.9 Å². The van der Waals surface area contributed by atoms with Gasteiger partial charge < -0.3 is 15.5 Å². The number of carbonyl (C=O) groups excluding carboxylic acids is 2. The maximum Gasteiger partial charge on any atom is 0.224 e. The quantitative estimate of drug-likeness (QED) is 0.766. The maximum atomic E-state index is 13.6. The molecule has 0 saturated heterocycles. The first-order chi connectivity index (χ1) is 11.1. The molecule has 6 heteroatoms. The lowest BCUT2D eigenvalue weighted by molar-refractivity contribution is -0.124. The minimum atomic E-state index is -0.483. The van der Waals surface area contributed by atoms with Crippen molar-refractivity contribution in [3.63, 3.8) is 0 Å². The second-order valence-electron chi connectivity index (χ2n) is 7.21. The highest BCUT2D eigenvalue weighted by Gasteiger charge is 2.20. The summed E-state index contributed by atoms with van der Waals surface area (Å²) >= 11 is 0. The fraction of sp³-hybridized carbons (Fsp3) is 0.556. The summed E-state index contributed by atoms with van der Waals surface area (Å²) < 4.78 is 13.6. The van der Waals surface area contributed by atoms with E-state index in [2.05, 4.69) is 29.4 Å². The lowest BCUT2D eigenvalue weighted by Crippen LogP contribution is -2.40. The molecule has 1 aromatic rings. The summed E-state index contributed by atoms with van der Waals surface area (Å²) in [6.07, 6.45) is 0.102. The van der Waals surface area contributed by atoms with Crippen LogP contribution in [-0.4, -0.2) is 43.9 Å². The van der Waals surface area contributed by atoms with Crippen molar-refractivity contribution in [1.82, 2.24) is 10.2 Å². The molecule has 0 atom stereocenters. The van der Waals surface area contributed by atoms with Crippen molar-refractivity contribution in [1.29, 1.82) is 0 Å². The zero-order valence-corrected chi connectivity index (χ0v) is 15.2. The van der Waals surface area contributed by atoms with E-state index >= 15 is 0 Å². The molecular weight excluding hydrogens is 309 g/mol. The van der Waals surface area contributed by atoms with E-state index in [9.17, 15) is 14.0 Å². The number of nitrogens with zero attached hydrogens (tertiary/aromatic N) is 1. The van der Waals surface area contributed by atoms with E-state index in [1.165, 1.54) is 6.07 Å². The smallest absolute Gasteiger partial charge is 0.224 e. The van der Waals surface area contributed by atoms with Gasteiger partial charge in [0.1, 0.15) is 5.82 Å². The second-order valence-corrected chi connectivity index (χ2v) is 7.21. The normalized spacial score (nSPS) is 11.5. The Labute approximate surface area is 143 Å². The third-order valence-electron chi connectivity index (χ3n) is 3.48. The van der Waals surface area contributed by atoms with Gasteiger partial charge in [0.2, 0.25) is 11.8 Å². The summed E-state index contributed by atoms with van der Waals surface area (Å²) in [4.78, 5) is 25.8. The monoisotopic (exact) mass is 337 g/mol. The number of benzene rings is 1. The molecule has 1 aromatic carbocycles. The van der Waals surface area contributed by atoms with Crippen LogP contribution in [0.4, 0.5) is 10.1 Å². The fourth-order valence-corrected chi connectivity index (χ4v) is 2.51. The van der Waals surface area contributed by atoms with Gasteiger partial charge in [0.15, 0.2) is 0 Å². The van der Waals surface area contributed by atoms with Gasteiger partial charge in [0.05, 0.1) is 5.69 Å². The Balaban J connectivity index is 2.39. The largest absolute Gasteiger partial charge is 0.356 e. The maximum absolute atomic E-state index is 13.6. The Morgan fingerprint density at radius 3 is 2.42 bits per heavy atom. The molecule has 0 aliphatic carbocycles. The number of rotatable bonds is 8. The zero-order chi connectivity index (χ0) is 18.3. The Morgan fingerprint density at radius 2 is 1.79 bits per heavy atom. The van der Waals surface area contributed by atoms with Crippen molar-refractivity contribution in [3.05, 3.63) is 29.6 Å². The van der Waals surface area contributed by atoms with Crippen LogP contribution in [0.15, 0.2) is 18.2 Å². The molecule has 1 rings (SSSR count). The Morgan fingerprint density at radius 1 is 1.17 bits per heavy atom. The van der Waals surface area contributed by atoms with Gasteiger partial charge in [-0.05, 0) is 44.1 Å². The van der Waals surface area contributed by atoms with Crippen LogP contribution in [0.5, 0.6) is 0 Å². The second kappa shape index (κ2) is 8.78. The van der Waals surface area contributed by atoms with Crippen LogP contribution in [0.25, 0.3) is 0 Å². The lowest BCUT2D eigenvalue weighted by Gasteiger charge is -2.28. The Kier molecular flexibility index (Phi) is 7.35. The third kappa shape index (κ3) is 7.55. The number of hydrogen-bond donors (Lipinski definition) is 2. The van der Waals surface area contributed by atoms with E-state index in [0.717, 1.165) is 12.1 Å². The van der Waals surface area contributed by atoms with Gasteiger partial charge in [-0.3, -0.25) is 9.59 Å². The third-order valence-corrected chi connectivity index (χ3v) is 3.48. The lowest BCUT2D eigenvalue weighted by atomic mass is 9.93. The van der Waals surface area contributed by atoms with E-state index in [4.69, 9.17) is 0 Å². The Bertz CT molecular complexity index is 586. The van der Waals surface area contributed by atoms with Gasteiger partial charge in [-0.15, -0.1) is 0 Å². The molecule has 24 heavy (non-hydrogen) atoms. The van der Waals surface area contributed by atoms with Crippen molar-refractivity contribution in [3.8, 4) is 0 Å². The average molecular weight is 337 g/mol. The van der Waals surface area contributed by atoms with Gasteiger partial charge in [0.25, 0.3) is 0 Å². The molecule has 0 aliphatic rings. The van der Waals surface area contributed by atoms with Crippen LogP contribution >= 0.6 is 0 Å². The predicted molar refractivity (Wildman–Crippen MR) is 94.3 cm³/mol. The van der Waals surface area contributed by atoms with Crippen LogP contribution in [-0.2, 0) is 9.59 Å². The summed E-state index contributed by atoms with van der Waals surface area (Å²) in [6.45, 7) is 7.34. The average Bonchev–Trinajstić information content (AvgIpc) is 2.45. The fourth-order valence-electron chi connectivity index (χ4n) is 2.51. The van der Waals surface area contributed by atoms with E-state index in [0.29, 0.717) is 6.54 Å². The van der Waals surface area contributed by atoms with Crippen molar-refractivity contribution >= 4 is 17.5 Å². The van der Waals surface area contributed by atoms with Gasteiger partial charge in [-0.2, -0.15) is 0 Å². The molecule has 0 aromatic heterocycles. The number of carbonyl (C=O) groups is 2. The number of hydrogen-bond acceptors (Lipinski definition) is 3. The van der Waals surface area contributed by atoms with E-state index < -0.39 is 5.82 Å². The predicted octanol–water partition coefficient (Wildman–Crippen LogP) is 2.56. The standard InChI is InChI=1S/C18H28FN3O2/c1-13-6-7-14(19)15(10-13)21-17(24)9-8-16(23)20-11-18(2,3)12-22(4)5/h6-7,10H,8-9,11-12H2,1-5H3,(H,20,23)(H,21,24). The number of aryl methyl sites for hydroxylation is 1. The first kappa shape index (κ1) is 20.1. The number of anilines is 1. The highest BCUT2D eigenvalue weighted by molar-refractivity contribution is 5.93. The van der Waals surface area contributed by atoms with Crippen LogP contribution in [0.1, 0.15) is 32.3 Å². The van der Waals surface area contributed by atoms with Crippen LogP contribution in [0.2, 0.25) is 0 Å². The minimum Gasteiger partial charge on any atom is -0.356 e. The number of amides is 2. The number of nitrogens with one attached hydrogen (secondary N) is 2. The summed E-state index contributed by atoms with van der Waals surface area (Å²) in [5, 5.41) is 5.35. The van der Waals surface area contributed by atoms with Crippen LogP contribution in [0.3, 0.4) is 0 Å². The summed E-state index contributed by atoms with van der Waals surface area (Å²) in [5.74, 6) is -1.03. The molecular formula is C18H28FN3O2. The molecule has 5 nitrogen and oxygen atoms in total. The molecule has 0 heterocycles. The first-order valence-electron chi connectivity index (χ1n) is 8.06. The topological polar surface area (TPSA) is 61.4 Å². The molecule has 0 radical (unpaired) electrons. The molecule has 2 amide bonds. The highest BCUT2D eigenvalue weighted by atomic mass is 19.1. The summed E-state index contributed by atoms with van der Waals surface area (Å²) in [5.41, 5.74) is 0.951. The summed E-state index contributed by atoms with van der Waals surface area (Å²) in [6, 6.07) is 4.51. The molecule has 0 spiro atoms. The van der Waals surface area contributed by atoms with Crippen molar-refractivity contribution < 1.29 is 14.0 Å². The van der Waals surface area contributed by atoms with Crippen molar-refractivity contribution in [2.45, 2.75) is 33.6 Å². The molecule has 0 saturated carbocycles. The molecule has 0 fully saturated rings. The number of halogens is 1. The molecule has 134 valence electrons. The summed E-state index contributed by atoms with van der Waals surface area (Å²) in [7, 11) is 3.97. The van der Waals surface area contributed by atoms with Crippen molar-refractivity contribution in [2.75, 3.05) is 32.5 Å². The van der Waals surface area contributed by atoms with Gasteiger partial charge in [-0.1, -0.05) is 19.9 Å². The van der Waals surface area contributed by atoms with Crippen LogP contribution < -0.4 is 10.6 Å². The van der Waals surface area contributed by atoms with Crippen molar-refractivity contribution in [2.24, 2.45) is 5.41 Å². The van der Waals surface area contributed by atoms with E-state index in [-0.39, 0.29) is 35.8 Å². The van der Waals surface area contributed by atoms with Gasteiger partial charge >= 0.3 is 0 Å². The molecule has 2 N–H and O–H groups in total. The molecule has 0 bridgehead atoms. The minimum absolute atomic E-state index is 0.0212. The molecule has 0 aliphatic heterocycles. The van der Waals surface area contributed by atoms with Gasteiger partial charge in [-0.25, -0.2) is 4.39 Å². The van der Waals surface area contributed by atoms with E-state index in [1.807, 2.05) is 21.0 Å². The highest BCUT2D eigenvalue weighted by Crippen LogP contribution is 2.16.